The number of benzene rings is 1. The van der Waals surface area contributed by atoms with Crippen LogP contribution in [0.3, 0.4) is 0 Å². The Labute approximate surface area is 136 Å². The highest BCUT2D eigenvalue weighted by Crippen LogP contribution is 2.15. The van der Waals surface area contributed by atoms with Crippen LogP contribution in [-0.2, 0) is 6.61 Å². The van der Waals surface area contributed by atoms with Gasteiger partial charge in [0.15, 0.2) is 0 Å². The van der Waals surface area contributed by atoms with Gasteiger partial charge in [0.25, 0.3) is 5.91 Å². The standard InChI is InChI=1S/C18H22N2O3/c1-13(2)17-5-3-4-15(20-17)12-23-16-8-6-14(7-9-16)18(22)19-10-11-21/h3-9,13,21H,10-12H2,1-2H3,(H,19,22). The van der Waals surface area contributed by atoms with Crippen LogP contribution in [0.5, 0.6) is 5.75 Å². The van der Waals surface area contributed by atoms with Crippen LogP contribution < -0.4 is 10.1 Å². The van der Waals surface area contributed by atoms with E-state index >= 15 is 0 Å². The topological polar surface area (TPSA) is 71.5 Å². The van der Waals surface area contributed by atoms with Crippen molar-refractivity contribution in [3.05, 3.63) is 59.4 Å². The molecule has 0 saturated carbocycles. The fraction of sp³-hybridized carbons (Fsp3) is 0.333. The van der Waals surface area contributed by atoms with Crippen LogP contribution in [0.4, 0.5) is 0 Å². The molecule has 2 aromatic rings. The molecule has 1 aromatic carbocycles. The van der Waals surface area contributed by atoms with Crippen molar-refractivity contribution in [1.82, 2.24) is 10.3 Å². The Hall–Kier alpha value is -2.40. The minimum absolute atomic E-state index is 0.0740. The van der Waals surface area contributed by atoms with E-state index in [2.05, 4.69) is 24.1 Å². The first-order valence-electron chi connectivity index (χ1n) is 7.68. The Morgan fingerprint density at radius 1 is 1.22 bits per heavy atom. The Bertz CT molecular complexity index is 639. The molecular weight excluding hydrogens is 292 g/mol. The number of amides is 1. The third-order valence-electron chi connectivity index (χ3n) is 3.32. The molecule has 0 aliphatic heterocycles. The number of aliphatic hydroxyl groups is 1. The highest BCUT2D eigenvalue weighted by Gasteiger charge is 2.06. The van der Waals surface area contributed by atoms with E-state index in [0.29, 0.717) is 23.8 Å². The third-order valence-corrected chi connectivity index (χ3v) is 3.32. The first kappa shape index (κ1) is 17.0. The summed E-state index contributed by atoms with van der Waals surface area (Å²) in [4.78, 5) is 16.3. The zero-order valence-corrected chi connectivity index (χ0v) is 13.5. The number of hydrogen-bond acceptors (Lipinski definition) is 4. The van der Waals surface area contributed by atoms with Gasteiger partial charge in [-0.15, -0.1) is 0 Å². The van der Waals surface area contributed by atoms with Gasteiger partial charge in [-0.2, -0.15) is 0 Å². The lowest BCUT2D eigenvalue weighted by Gasteiger charge is -2.09. The fourth-order valence-electron chi connectivity index (χ4n) is 2.03. The molecule has 0 bridgehead atoms. The second kappa shape index (κ2) is 8.29. The fourth-order valence-corrected chi connectivity index (χ4v) is 2.03. The van der Waals surface area contributed by atoms with E-state index in [9.17, 15) is 4.79 Å². The van der Waals surface area contributed by atoms with Gasteiger partial charge in [0.1, 0.15) is 12.4 Å². The lowest BCUT2D eigenvalue weighted by molar-refractivity contribution is 0.0944. The van der Waals surface area contributed by atoms with E-state index in [0.717, 1.165) is 11.4 Å². The summed E-state index contributed by atoms with van der Waals surface area (Å²) in [5.41, 5.74) is 2.45. The predicted octanol–water partition coefficient (Wildman–Crippen LogP) is 2.51. The number of hydrogen-bond donors (Lipinski definition) is 2. The van der Waals surface area contributed by atoms with Crippen LogP contribution in [0.1, 0.15) is 41.5 Å². The summed E-state index contributed by atoms with van der Waals surface area (Å²) in [7, 11) is 0. The number of carbonyl (C=O) groups excluding carboxylic acids is 1. The maximum absolute atomic E-state index is 11.7. The first-order valence-corrected chi connectivity index (χ1v) is 7.68. The highest BCUT2D eigenvalue weighted by atomic mass is 16.5. The number of pyridine rings is 1. The van der Waals surface area contributed by atoms with Crippen molar-refractivity contribution in [3.63, 3.8) is 0 Å². The smallest absolute Gasteiger partial charge is 0.251 e. The van der Waals surface area contributed by atoms with E-state index < -0.39 is 0 Å². The third kappa shape index (κ3) is 5.07. The number of nitrogens with one attached hydrogen (secondary N) is 1. The highest BCUT2D eigenvalue weighted by molar-refractivity contribution is 5.94. The molecular formula is C18H22N2O3. The predicted molar refractivity (Wildman–Crippen MR) is 88.5 cm³/mol. The maximum Gasteiger partial charge on any atom is 0.251 e. The van der Waals surface area contributed by atoms with Crippen LogP contribution in [-0.4, -0.2) is 29.1 Å². The van der Waals surface area contributed by atoms with Crippen LogP contribution in [0, 0.1) is 0 Å². The van der Waals surface area contributed by atoms with Gasteiger partial charge in [0.05, 0.1) is 12.3 Å². The van der Waals surface area contributed by atoms with Gasteiger partial charge in [-0.1, -0.05) is 19.9 Å². The molecule has 0 atom stereocenters. The van der Waals surface area contributed by atoms with Gasteiger partial charge in [-0.3, -0.25) is 9.78 Å². The van der Waals surface area contributed by atoms with Crippen molar-refractivity contribution in [2.75, 3.05) is 13.2 Å². The van der Waals surface area contributed by atoms with Crippen LogP contribution in [0.2, 0.25) is 0 Å². The van der Waals surface area contributed by atoms with Gasteiger partial charge in [-0.05, 0) is 42.3 Å². The first-order chi connectivity index (χ1) is 11.1. The Morgan fingerprint density at radius 2 is 1.96 bits per heavy atom. The van der Waals surface area contributed by atoms with Gasteiger partial charge >= 0.3 is 0 Å². The molecule has 0 unspecified atom stereocenters. The van der Waals surface area contributed by atoms with Gasteiger partial charge in [0.2, 0.25) is 0 Å². The zero-order chi connectivity index (χ0) is 16.7. The van der Waals surface area contributed by atoms with Crippen LogP contribution in [0.25, 0.3) is 0 Å². The summed E-state index contributed by atoms with van der Waals surface area (Å²) in [5, 5.41) is 11.3. The van der Waals surface area contributed by atoms with E-state index in [1.807, 2.05) is 18.2 Å². The summed E-state index contributed by atoms with van der Waals surface area (Å²) < 4.78 is 5.71. The van der Waals surface area contributed by atoms with E-state index in [4.69, 9.17) is 9.84 Å². The monoisotopic (exact) mass is 314 g/mol. The lowest BCUT2D eigenvalue weighted by Crippen LogP contribution is -2.26. The summed E-state index contributed by atoms with van der Waals surface area (Å²) in [6.07, 6.45) is 0. The quantitative estimate of drug-likeness (QED) is 0.824. The van der Waals surface area contributed by atoms with Crippen molar-refractivity contribution < 1.29 is 14.6 Å². The molecule has 0 aliphatic rings. The van der Waals surface area contributed by atoms with Crippen LogP contribution >= 0.6 is 0 Å². The largest absolute Gasteiger partial charge is 0.487 e. The molecule has 5 nitrogen and oxygen atoms in total. The molecule has 122 valence electrons. The molecule has 1 amide bonds. The lowest BCUT2D eigenvalue weighted by atomic mass is 10.1. The molecule has 0 spiro atoms. The number of carbonyl (C=O) groups is 1. The van der Waals surface area contributed by atoms with Crippen molar-refractivity contribution >= 4 is 5.91 Å². The average molecular weight is 314 g/mol. The number of rotatable bonds is 7. The molecule has 1 heterocycles. The van der Waals surface area contributed by atoms with Gasteiger partial charge in [0, 0.05) is 17.8 Å². The maximum atomic E-state index is 11.7. The molecule has 0 radical (unpaired) electrons. The molecule has 1 aromatic heterocycles. The zero-order valence-electron chi connectivity index (χ0n) is 13.5. The van der Waals surface area contributed by atoms with Gasteiger partial charge in [-0.25, -0.2) is 0 Å². The van der Waals surface area contributed by atoms with Crippen molar-refractivity contribution in [3.8, 4) is 5.75 Å². The summed E-state index contributed by atoms with van der Waals surface area (Å²) in [5.74, 6) is 0.851. The molecule has 23 heavy (non-hydrogen) atoms. The Balaban J connectivity index is 1.93. The second-order valence-corrected chi connectivity index (χ2v) is 5.50. The summed E-state index contributed by atoms with van der Waals surface area (Å²) in [6, 6.07) is 12.8. The number of aliphatic hydroxyl groups excluding tert-OH is 1. The van der Waals surface area contributed by atoms with E-state index in [1.54, 1.807) is 24.3 Å². The Morgan fingerprint density at radius 3 is 2.61 bits per heavy atom. The molecule has 0 aliphatic carbocycles. The minimum Gasteiger partial charge on any atom is -0.487 e. The normalized spacial score (nSPS) is 10.6. The molecule has 2 N–H and O–H groups in total. The Kier molecular flexibility index (Phi) is 6.11. The second-order valence-electron chi connectivity index (χ2n) is 5.50. The summed E-state index contributed by atoms with van der Waals surface area (Å²) in [6.45, 7) is 4.77. The van der Waals surface area contributed by atoms with E-state index in [1.165, 1.54) is 0 Å². The number of ether oxygens (including phenoxy) is 1. The van der Waals surface area contributed by atoms with Crippen molar-refractivity contribution in [1.29, 1.82) is 0 Å². The number of nitrogens with zero attached hydrogens (tertiary/aromatic N) is 1. The van der Waals surface area contributed by atoms with E-state index in [-0.39, 0.29) is 19.1 Å². The van der Waals surface area contributed by atoms with Crippen molar-refractivity contribution in [2.24, 2.45) is 0 Å². The minimum atomic E-state index is -0.211. The molecule has 0 saturated heterocycles. The van der Waals surface area contributed by atoms with Gasteiger partial charge < -0.3 is 15.2 Å². The molecule has 5 heteroatoms. The molecule has 2 rings (SSSR count). The van der Waals surface area contributed by atoms with Crippen molar-refractivity contribution in [2.45, 2.75) is 26.4 Å². The van der Waals surface area contributed by atoms with Crippen LogP contribution in [0.15, 0.2) is 42.5 Å². The summed E-state index contributed by atoms with van der Waals surface area (Å²) >= 11 is 0. The SMILES string of the molecule is CC(C)c1cccc(COc2ccc(C(=O)NCCO)cc2)n1. The average Bonchev–Trinajstić information content (AvgIpc) is 2.58. The molecule has 0 fully saturated rings. The number of aromatic nitrogens is 1.